The number of carbonyl (C=O) groups is 4. The zero-order chi connectivity index (χ0) is 56.7. The van der Waals surface area contributed by atoms with Gasteiger partial charge in [-0.25, -0.2) is 5.43 Å². The topological polar surface area (TPSA) is 179 Å². The van der Waals surface area contributed by atoms with Gasteiger partial charge < -0.3 is 33.9 Å². The van der Waals surface area contributed by atoms with Crippen LogP contribution in [-0.2, 0) is 46.4 Å². The Morgan fingerprint density at radius 3 is 2.46 bits per heavy atom. The maximum Gasteiger partial charge on any atom is 0.406 e. The lowest BCUT2D eigenvalue weighted by atomic mass is 9.84. The number of carbonyl (C=O) groups excluding carboxylic acids is 4. The summed E-state index contributed by atoms with van der Waals surface area (Å²) >= 11 is 0. The first kappa shape index (κ1) is 56.3. The summed E-state index contributed by atoms with van der Waals surface area (Å²) in [5.74, 6) is -0.613. The van der Waals surface area contributed by atoms with Gasteiger partial charge >= 0.3 is 12.1 Å². The third-order valence-electron chi connectivity index (χ3n) is 18.7. The number of hydrogen-bond acceptors (Lipinski definition) is 14. The highest BCUT2D eigenvalue weighted by atomic mass is 19.4. The summed E-state index contributed by atoms with van der Waals surface area (Å²) in [6, 6.07) is 6.02. The number of nitrogens with zero attached hydrogens (tertiary/aromatic N) is 8. The molecule has 3 unspecified atom stereocenters. The smallest absolute Gasteiger partial charge is 0.406 e. The molecule has 6 bridgehead atoms. The number of morpholine rings is 1. The number of esters is 1. The summed E-state index contributed by atoms with van der Waals surface area (Å²) in [5.41, 5.74) is 7.05. The van der Waals surface area contributed by atoms with Crippen molar-refractivity contribution in [1.82, 2.24) is 50.2 Å². The van der Waals surface area contributed by atoms with Crippen molar-refractivity contribution < 1.29 is 46.6 Å². The number of pyridine rings is 1. The molecular formula is C60H82F3N11O7. The number of halogens is 3. The Balaban J connectivity index is 0.869. The van der Waals surface area contributed by atoms with Gasteiger partial charge in [-0.2, -0.15) is 13.2 Å². The van der Waals surface area contributed by atoms with Crippen molar-refractivity contribution in [2.45, 2.75) is 147 Å². The molecule has 1 spiro atoms. The number of hydrogen-bond donors (Lipinski definition) is 3. The highest BCUT2D eigenvalue weighted by Crippen LogP contribution is 2.45. The number of anilines is 1. The fourth-order valence-electron chi connectivity index (χ4n) is 14.0. The quantitative estimate of drug-likeness (QED) is 0.160. The Morgan fingerprint density at radius 2 is 1.74 bits per heavy atom. The third kappa shape index (κ3) is 11.9. The lowest BCUT2D eigenvalue weighted by Crippen LogP contribution is -2.73. The molecule has 1 aromatic carbocycles. The van der Waals surface area contributed by atoms with E-state index < -0.39 is 53.9 Å². The Kier molecular flexibility index (Phi) is 15.4. The molecule has 18 nitrogen and oxygen atoms in total. The summed E-state index contributed by atoms with van der Waals surface area (Å²) in [4.78, 5) is 73.6. The number of ether oxygens (including phenoxy) is 3. The zero-order valence-corrected chi connectivity index (χ0v) is 48.0. The van der Waals surface area contributed by atoms with Gasteiger partial charge in [-0.05, 0) is 105 Å². The fraction of sp³-hybridized carbons (Fsp3) is 0.683. The van der Waals surface area contributed by atoms with Crippen molar-refractivity contribution in [3.63, 3.8) is 0 Å². The molecule has 7 fully saturated rings. The van der Waals surface area contributed by atoms with E-state index in [9.17, 15) is 14.4 Å². The summed E-state index contributed by atoms with van der Waals surface area (Å²) in [5, 5.41) is 8.73. The molecule has 9 heterocycles. The van der Waals surface area contributed by atoms with E-state index in [-0.39, 0.29) is 55.3 Å². The minimum absolute atomic E-state index is 0.0565. The van der Waals surface area contributed by atoms with Crippen LogP contribution in [-0.4, -0.2) is 205 Å². The van der Waals surface area contributed by atoms with Crippen molar-refractivity contribution in [1.29, 1.82) is 0 Å². The number of rotatable bonds is 12. The molecule has 21 heteroatoms. The van der Waals surface area contributed by atoms with E-state index in [1.54, 1.807) is 13.2 Å². The van der Waals surface area contributed by atoms with E-state index in [2.05, 4.69) is 41.7 Å². The molecular weight excluding hydrogens is 1040 g/mol. The Morgan fingerprint density at radius 1 is 0.963 bits per heavy atom. The zero-order valence-electron chi connectivity index (χ0n) is 48.0. The minimum Gasteiger partial charge on any atom is -0.464 e. The predicted octanol–water partition coefficient (Wildman–Crippen LogP) is 5.14. The molecule has 3 N–H and O–H groups in total. The highest BCUT2D eigenvalue weighted by Gasteiger charge is 2.57. The standard InChI is InChI=1S/C60H82F3N11O7/c1-36(2)52(71-23-24-81-59(31-71)32-72(33-59)56(77)51-50(66-51)38-11-12-38)54(75)65-47-30-68-17-7-9-40(29-68)39-13-16-48-43(25-39)45(27-58(4,5)35-80-57(78)46-10-8-18-74(67-46)55(47)76)53(73(48)34-60(61,62)63)44-26-42(28-64-49(44)37(3)79-6)70-21-19-69(20-22-70)41-14-15-41/h9,13,16,25-26,28,36-38,41,46-47,50-52,66-67H,7-8,10-12,14-15,17-24,27,29-35H2,1-6H3,(H,65,75)/t37-,46-,47-,50?,51+,52?/m0/s1. The molecule has 2 saturated carbocycles. The molecule has 81 heavy (non-hydrogen) atoms. The first-order valence-electron chi connectivity index (χ1n) is 29.9. The SMILES string of the molecule is CO[C@@H](C)c1ncc(N2CCN(C3CC3)CC2)cc1-c1c2c3cc(ccc3n1CC(F)(F)F)C1=CCCN(C1)C[C@H](NC(=O)C(C(C)C)N1CCOC3(CN(C(=O)[C@@H]4NC4C4CC4)C3)C1)C(=O)N1CCC[C@H](N1)C(=O)OCC(C)(C)C2. The monoisotopic (exact) mass is 1130 g/mol. The molecule has 2 aromatic heterocycles. The summed E-state index contributed by atoms with van der Waals surface area (Å²) in [6.45, 7) is 15.6. The number of alkyl halides is 3. The van der Waals surface area contributed by atoms with E-state index in [0.29, 0.717) is 117 Å². The molecule has 9 aliphatic rings. The van der Waals surface area contributed by atoms with Crippen LogP contribution in [0.3, 0.4) is 0 Å². The molecule has 0 radical (unpaired) electrons. The first-order valence-corrected chi connectivity index (χ1v) is 29.9. The van der Waals surface area contributed by atoms with E-state index >= 15 is 18.0 Å². The van der Waals surface area contributed by atoms with Gasteiger partial charge in [-0.15, -0.1) is 0 Å². The lowest BCUT2D eigenvalue weighted by molar-refractivity contribution is -0.197. The van der Waals surface area contributed by atoms with Gasteiger partial charge in [-0.1, -0.05) is 39.8 Å². The number of cyclic esters (lactones) is 1. The van der Waals surface area contributed by atoms with Crippen LogP contribution in [0.1, 0.15) is 102 Å². The van der Waals surface area contributed by atoms with Gasteiger partial charge in [-0.3, -0.25) is 49.2 Å². The molecule has 7 atom stereocenters. The van der Waals surface area contributed by atoms with E-state index in [1.807, 2.05) is 63.9 Å². The van der Waals surface area contributed by atoms with Crippen molar-refractivity contribution in [3.8, 4) is 11.3 Å². The van der Waals surface area contributed by atoms with Crippen LogP contribution in [0.15, 0.2) is 36.5 Å². The summed E-state index contributed by atoms with van der Waals surface area (Å²) in [6.07, 6.45) is 5.42. The number of fused-ring (bicyclic) bond motifs is 6. The average molecular weight is 1130 g/mol. The van der Waals surface area contributed by atoms with Crippen LogP contribution in [0.5, 0.6) is 0 Å². The molecule has 2 aliphatic carbocycles. The van der Waals surface area contributed by atoms with Gasteiger partial charge in [0.1, 0.15) is 30.3 Å². The van der Waals surface area contributed by atoms with Gasteiger partial charge in [0.05, 0.1) is 61.7 Å². The Bertz CT molecular complexity index is 2930. The number of aromatic nitrogens is 2. The minimum atomic E-state index is -4.59. The van der Waals surface area contributed by atoms with Crippen LogP contribution in [0.25, 0.3) is 27.7 Å². The summed E-state index contributed by atoms with van der Waals surface area (Å²) in [7, 11) is 1.58. The van der Waals surface area contributed by atoms with E-state index in [4.69, 9.17) is 19.2 Å². The van der Waals surface area contributed by atoms with E-state index in [1.165, 1.54) is 35.3 Å². The molecule has 3 aromatic rings. The second-order valence-corrected chi connectivity index (χ2v) is 26.0. The number of nitrogens with one attached hydrogen (secondary N) is 3. The third-order valence-corrected chi connectivity index (χ3v) is 18.7. The Hall–Kier alpha value is -5.16. The second kappa shape index (κ2) is 22.1. The van der Waals surface area contributed by atoms with Crippen molar-refractivity contribution >= 4 is 45.9 Å². The number of likely N-dealkylation sites (tertiary alicyclic amines) is 1. The van der Waals surface area contributed by atoms with Gasteiger partial charge in [0, 0.05) is 107 Å². The van der Waals surface area contributed by atoms with Crippen molar-refractivity contribution in [2.75, 3.05) is 104 Å². The first-order chi connectivity index (χ1) is 38.7. The predicted molar refractivity (Wildman–Crippen MR) is 300 cm³/mol. The Labute approximate surface area is 473 Å². The van der Waals surface area contributed by atoms with Gasteiger partial charge in [0.25, 0.3) is 5.91 Å². The van der Waals surface area contributed by atoms with Gasteiger partial charge in [0.15, 0.2) is 0 Å². The van der Waals surface area contributed by atoms with Crippen LogP contribution in [0.2, 0.25) is 0 Å². The van der Waals surface area contributed by atoms with Crippen LogP contribution < -0.4 is 21.0 Å². The van der Waals surface area contributed by atoms with Crippen molar-refractivity contribution in [2.24, 2.45) is 17.3 Å². The van der Waals surface area contributed by atoms with Crippen LogP contribution >= 0.6 is 0 Å². The fourth-order valence-corrected chi connectivity index (χ4v) is 14.0. The molecule has 5 saturated heterocycles. The molecule has 3 amide bonds. The maximum atomic E-state index is 15.2. The lowest BCUT2D eigenvalue weighted by Gasteiger charge is -2.55. The normalized spacial score (nSPS) is 28.3. The number of benzene rings is 1. The number of piperazine rings is 1. The molecule has 7 aliphatic heterocycles. The largest absolute Gasteiger partial charge is 0.464 e. The van der Waals surface area contributed by atoms with E-state index in [0.717, 1.165) is 43.0 Å². The summed E-state index contributed by atoms with van der Waals surface area (Å²) < 4.78 is 65.5. The van der Waals surface area contributed by atoms with Crippen molar-refractivity contribution in [3.05, 3.63) is 53.4 Å². The molecule has 440 valence electrons. The second-order valence-electron chi connectivity index (χ2n) is 26.0. The average Bonchev–Trinajstić information content (AvgIpc) is 3.28. The number of methoxy groups -OCH3 is 1. The number of hydrazine groups is 1. The van der Waals surface area contributed by atoms with Crippen LogP contribution in [0.4, 0.5) is 18.9 Å². The molecule has 12 rings (SSSR count). The highest BCUT2D eigenvalue weighted by molar-refractivity contribution is 5.95. The van der Waals surface area contributed by atoms with Gasteiger partial charge in [0.2, 0.25) is 11.8 Å². The number of amides is 3. The maximum absolute atomic E-state index is 15.2. The van der Waals surface area contributed by atoms with Crippen LogP contribution in [0, 0.1) is 17.3 Å².